The molecule has 2 aliphatic carbocycles. The first-order valence-electron chi connectivity index (χ1n) is 18.5. The second-order valence-electron chi connectivity index (χ2n) is 15.1. The molecule has 0 saturated carbocycles. The van der Waals surface area contributed by atoms with Gasteiger partial charge in [0.1, 0.15) is 11.2 Å². The second-order valence-corrected chi connectivity index (χ2v) is 15.1. The molecule has 0 aliphatic heterocycles. The van der Waals surface area contributed by atoms with Gasteiger partial charge in [0.05, 0.1) is 0 Å². The van der Waals surface area contributed by atoms with Crippen LogP contribution in [0, 0.1) is 0 Å². The summed E-state index contributed by atoms with van der Waals surface area (Å²) in [7, 11) is 0. The smallest absolute Gasteiger partial charge is 0.144 e. The number of para-hydroxylation sites is 1. The van der Waals surface area contributed by atoms with Crippen LogP contribution < -0.4 is 0 Å². The maximum Gasteiger partial charge on any atom is 0.144 e. The minimum absolute atomic E-state index is 0.232. The van der Waals surface area contributed by atoms with Crippen LogP contribution in [0.5, 0.6) is 0 Å². The standard InChI is InChI=1S/C51H36O/c1-51(2)43-30-34(28-29-41(43)48-49(51)40-21-11-10-20-39(40)47-42-22-12-13-23-44(42)52-50(47)48)46-37-18-8-6-16-35(37)45(36-17-7-9-19-38(36)46)33-26-24-32(25-27-33)31-14-4-3-5-15-31/h3-4,6-14,16-30H,5,15H2,1-2H3. The molecule has 0 radical (unpaired) electrons. The maximum atomic E-state index is 6.77. The van der Waals surface area contributed by atoms with Crippen LogP contribution in [0.2, 0.25) is 0 Å². The Labute approximate surface area is 303 Å². The van der Waals surface area contributed by atoms with Crippen LogP contribution in [0.1, 0.15) is 43.4 Å². The topological polar surface area (TPSA) is 13.1 Å². The van der Waals surface area contributed by atoms with E-state index in [0.717, 1.165) is 24.0 Å². The van der Waals surface area contributed by atoms with E-state index in [0.29, 0.717) is 0 Å². The van der Waals surface area contributed by atoms with Crippen molar-refractivity contribution < 1.29 is 4.42 Å². The Kier molecular flexibility index (Phi) is 6.20. The number of allylic oxidation sites excluding steroid dienone is 4. The molecule has 9 aromatic rings. The van der Waals surface area contributed by atoms with Crippen molar-refractivity contribution in [1.82, 2.24) is 0 Å². The van der Waals surface area contributed by atoms with Gasteiger partial charge in [0.15, 0.2) is 0 Å². The summed E-state index contributed by atoms with van der Waals surface area (Å²) in [4.78, 5) is 0. The first-order valence-corrected chi connectivity index (χ1v) is 18.5. The van der Waals surface area contributed by atoms with E-state index in [9.17, 15) is 0 Å². The molecule has 1 aromatic heterocycles. The Morgan fingerprint density at radius 1 is 0.519 bits per heavy atom. The van der Waals surface area contributed by atoms with Crippen molar-refractivity contribution in [2.45, 2.75) is 32.1 Å². The highest BCUT2D eigenvalue weighted by Crippen LogP contribution is 2.57. The molecule has 2 aliphatic rings. The molecular weight excluding hydrogens is 629 g/mol. The lowest BCUT2D eigenvalue weighted by Gasteiger charge is -2.24. The molecule has 0 unspecified atom stereocenters. The Balaban J connectivity index is 1.15. The summed E-state index contributed by atoms with van der Waals surface area (Å²) in [5, 5.41) is 10.1. The number of rotatable bonds is 3. The fourth-order valence-electron chi connectivity index (χ4n) is 9.58. The van der Waals surface area contributed by atoms with Crippen LogP contribution in [0.25, 0.3) is 93.2 Å². The van der Waals surface area contributed by atoms with Gasteiger partial charge >= 0.3 is 0 Å². The summed E-state index contributed by atoms with van der Waals surface area (Å²) in [6.45, 7) is 4.79. The minimum Gasteiger partial charge on any atom is -0.455 e. The average Bonchev–Trinajstić information content (AvgIpc) is 3.70. The third-order valence-electron chi connectivity index (χ3n) is 11.9. The van der Waals surface area contributed by atoms with Crippen molar-refractivity contribution in [3.05, 3.63) is 174 Å². The largest absolute Gasteiger partial charge is 0.455 e. The molecule has 8 aromatic carbocycles. The fourth-order valence-corrected chi connectivity index (χ4v) is 9.58. The predicted molar refractivity (Wildman–Crippen MR) is 221 cm³/mol. The van der Waals surface area contributed by atoms with Crippen molar-refractivity contribution in [2.24, 2.45) is 0 Å². The van der Waals surface area contributed by atoms with Gasteiger partial charge in [0.25, 0.3) is 0 Å². The molecule has 0 amide bonds. The van der Waals surface area contributed by atoms with Crippen molar-refractivity contribution in [1.29, 1.82) is 0 Å². The van der Waals surface area contributed by atoms with Gasteiger partial charge in [-0.3, -0.25) is 0 Å². The van der Waals surface area contributed by atoms with E-state index in [1.54, 1.807) is 0 Å². The van der Waals surface area contributed by atoms with Gasteiger partial charge in [-0.1, -0.05) is 159 Å². The third kappa shape index (κ3) is 4.05. The molecule has 0 saturated heterocycles. The van der Waals surface area contributed by atoms with Gasteiger partial charge in [-0.25, -0.2) is 0 Å². The fraction of sp³-hybridized carbons (Fsp3) is 0.0980. The second kappa shape index (κ2) is 10.9. The van der Waals surface area contributed by atoms with Crippen LogP contribution in [0.4, 0.5) is 0 Å². The summed E-state index contributed by atoms with van der Waals surface area (Å²) >= 11 is 0. The summed E-state index contributed by atoms with van der Waals surface area (Å²) < 4.78 is 6.77. The van der Waals surface area contributed by atoms with Gasteiger partial charge in [0, 0.05) is 21.8 Å². The van der Waals surface area contributed by atoms with Crippen molar-refractivity contribution in [3.8, 4) is 33.4 Å². The van der Waals surface area contributed by atoms with Gasteiger partial charge in [-0.15, -0.1) is 0 Å². The Morgan fingerprint density at radius 3 is 1.73 bits per heavy atom. The number of hydrogen-bond acceptors (Lipinski definition) is 1. The Hall–Kier alpha value is -6.18. The number of fused-ring (bicyclic) bond motifs is 12. The van der Waals surface area contributed by atoms with Crippen LogP contribution in [0.15, 0.2) is 162 Å². The summed E-state index contributed by atoms with van der Waals surface area (Å²) in [6.07, 6.45) is 8.90. The molecule has 1 heterocycles. The lowest BCUT2D eigenvalue weighted by atomic mass is 9.78. The lowest BCUT2D eigenvalue weighted by molar-refractivity contribution is 0.658. The lowest BCUT2D eigenvalue weighted by Crippen LogP contribution is -2.15. The molecule has 52 heavy (non-hydrogen) atoms. The maximum absolute atomic E-state index is 6.77. The molecule has 1 heteroatoms. The summed E-state index contributed by atoms with van der Waals surface area (Å²) in [6, 6.07) is 51.8. The zero-order chi connectivity index (χ0) is 34.6. The minimum atomic E-state index is -0.232. The molecular formula is C51H36O. The number of benzene rings is 8. The monoisotopic (exact) mass is 664 g/mol. The van der Waals surface area contributed by atoms with Crippen LogP contribution in [-0.4, -0.2) is 0 Å². The van der Waals surface area contributed by atoms with Gasteiger partial charge in [0.2, 0.25) is 0 Å². The van der Waals surface area contributed by atoms with Crippen LogP contribution in [-0.2, 0) is 5.41 Å². The van der Waals surface area contributed by atoms with Crippen LogP contribution >= 0.6 is 0 Å². The Morgan fingerprint density at radius 2 is 1.08 bits per heavy atom. The van der Waals surface area contributed by atoms with Gasteiger partial charge < -0.3 is 4.42 Å². The zero-order valence-electron chi connectivity index (χ0n) is 29.3. The zero-order valence-corrected chi connectivity index (χ0v) is 29.3. The highest BCUT2D eigenvalue weighted by atomic mass is 16.3. The summed E-state index contributed by atoms with van der Waals surface area (Å²) in [5.74, 6) is 0. The van der Waals surface area contributed by atoms with E-state index in [-0.39, 0.29) is 5.41 Å². The van der Waals surface area contributed by atoms with Crippen molar-refractivity contribution >= 4 is 59.8 Å². The number of hydrogen-bond donors (Lipinski definition) is 0. The van der Waals surface area contributed by atoms with Crippen molar-refractivity contribution in [2.75, 3.05) is 0 Å². The summed E-state index contributed by atoms with van der Waals surface area (Å²) in [5.41, 5.74) is 14.7. The average molecular weight is 665 g/mol. The Bertz CT molecular complexity index is 2960. The first kappa shape index (κ1) is 29.5. The molecule has 246 valence electrons. The molecule has 1 nitrogen and oxygen atoms in total. The van der Waals surface area contributed by atoms with E-state index in [1.807, 2.05) is 0 Å². The predicted octanol–water partition coefficient (Wildman–Crippen LogP) is 14.4. The molecule has 0 bridgehead atoms. The van der Waals surface area contributed by atoms with Crippen LogP contribution in [0.3, 0.4) is 0 Å². The molecule has 0 spiro atoms. The highest BCUT2D eigenvalue weighted by Gasteiger charge is 2.40. The number of furan rings is 1. The first-order chi connectivity index (χ1) is 25.6. The third-order valence-corrected chi connectivity index (χ3v) is 11.9. The van der Waals surface area contributed by atoms with E-state index >= 15 is 0 Å². The molecule has 0 atom stereocenters. The van der Waals surface area contributed by atoms with E-state index in [1.165, 1.54) is 98.7 Å². The van der Waals surface area contributed by atoms with E-state index in [4.69, 9.17) is 4.42 Å². The van der Waals surface area contributed by atoms with Crippen molar-refractivity contribution in [3.63, 3.8) is 0 Å². The molecule has 0 N–H and O–H groups in total. The quantitative estimate of drug-likeness (QED) is 0.171. The SMILES string of the molecule is CC1(C)c2cc(-c3c4ccccc4c(-c4ccc(C5=CC=CCC5)cc4)c4ccccc34)ccc2-c2c1c1ccccc1c1c2oc2ccccc21. The molecule has 0 fully saturated rings. The van der Waals surface area contributed by atoms with Gasteiger partial charge in [-0.2, -0.15) is 0 Å². The van der Waals surface area contributed by atoms with E-state index in [2.05, 4.69) is 172 Å². The van der Waals surface area contributed by atoms with E-state index < -0.39 is 0 Å². The normalized spacial score (nSPS) is 14.8. The highest BCUT2D eigenvalue weighted by molar-refractivity contribution is 6.26. The van der Waals surface area contributed by atoms with Gasteiger partial charge in [-0.05, 0) is 107 Å². The molecule has 11 rings (SSSR count).